The molecule has 6 nitrogen and oxygen atoms in total. The molecule has 1 saturated carbocycles. The molecule has 1 aromatic carbocycles. The van der Waals surface area contributed by atoms with Gasteiger partial charge in [0.25, 0.3) is 0 Å². The smallest absolute Gasteiger partial charge is 0.193 e. The van der Waals surface area contributed by atoms with Crippen LogP contribution in [-0.2, 0) is 0 Å². The zero-order chi connectivity index (χ0) is 16.9. The molecule has 0 amide bonds. The standard InChI is InChI=1S/C18H28N4O2.HI/c1-13(2)22(15-5-6-15)9-8-20-18(19)21-14-4-7-16-17(12-14)24-11-3-10-23-16;/h4,7,12-13,15H,3,5-6,8-11H2,1-2H3,(H3,19,20,21);1H. The second kappa shape index (κ2) is 9.47. The van der Waals surface area contributed by atoms with Crippen molar-refractivity contribution >= 4 is 35.6 Å². The lowest BCUT2D eigenvalue weighted by atomic mass is 10.3. The highest BCUT2D eigenvalue weighted by Gasteiger charge is 2.29. The molecule has 0 unspecified atom stereocenters. The maximum absolute atomic E-state index is 6.02. The van der Waals surface area contributed by atoms with Crippen molar-refractivity contribution < 1.29 is 9.47 Å². The number of anilines is 1. The molecule has 1 aromatic rings. The van der Waals surface area contributed by atoms with Gasteiger partial charge in [-0.2, -0.15) is 0 Å². The topological polar surface area (TPSA) is 72.1 Å². The van der Waals surface area contributed by atoms with E-state index in [2.05, 4.69) is 29.1 Å². The Balaban J connectivity index is 0.00000225. The number of aliphatic imine (C=N–C) groups is 1. The first-order valence-corrected chi connectivity index (χ1v) is 8.86. The summed E-state index contributed by atoms with van der Waals surface area (Å²) in [6.45, 7) is 7.50. The van der Waals surface area contributed by atoms with Gasteiger partial charge >= 0.3 is 0 Å². The van der Waals surface area contributed by atoms with Crippen molar-refractivity contribution in [2.24, 2.45) is 10.7 Å². The van der Waals surface area contributed by atoms with Gasteiger partial charge in [-0.25, -0.2) is 0 Å². The molecule has 0 radical (unpaired) electrons. The van der Waals surface area contributed by atoms with Crippen LogP contribution in [0.25, 0.3) is 0 Å². The summed E-state index contributed by atoms with van der Waals surface area (Å²) in [5, 5.41) is 3.13. The molecule has 0 atom stereocenters. The predicted molar refractivity (Wildman–Crippen MR) is 112 cm³/mol. The van der Waals surface area contributed by atoms with Crippen LogP contribution in [0.5, 0.6) is 11.5 Å². The fourth-order valence-corrected chi connectivity index (χ4v) is 2.98. The SMILES string of the molecule is CC(C)N(CCN=C(N)Nc1ccc2c(c1)OCCCO2)C1CC1.I. The van der Waals surface area contributed by atoms with E-state index in [1.54, 1.807) is 0 Å². The number of ether oxygens (including phenoxy) is 2. The third kappa shape index (κ3) is 5.91. The summed E-state index contributed by atoms with van der Waals surface area (Å²) < 4.78 is 11.3. The number of rotatable bonds is 6. The summed E-state index contributed by atoms with van der Waals surface area (Å²) in [7, 11) is 0. The molecule has 1 fully saturated rings. The van der Waals surface area contributed by atoms with Gasteiger partial charge in [-0.15, -0.1) is 24.0 Å². The van der Waals surface area contributed by atoms with Gasteiger partial charge in [0.1, 0.15) is 0 Å². The lowest BCUT2D eigenvalue weighted by Crippen LogP contribution is -2.35. The number of hydrogen-bond donors (Lipinski definition) is 2. The van der Waals surface area contributed by atoms with Crippen LogP contribution in [0.1, 0.15) is 33.1 Å². The van der Waals surface area contributed by atoms with Crippen LogP contribution in [-0.4, -0.2) is 49.2 Å². The molecule has 3 rings (SSSR count). The first kappa shape index (κ1) is 20.1. The molecule has 1 aliphatic heterocycles. The second-order valence-corrected chi connectivity index (χ2v) is 6.67. The van der Waals surface area contributed by atoms with Crippen molar-refractivity contribution in [1.82, 2.24) is 4.90 Å². The number of nitrogens with two attached hydrogens (primary N) is 1. The van der Waals surface area contributed by atoms with Gasteiger partial charge in [0.05, 0.1) is 19.8 Å². The number of hydrogen-bond acceptors (Lipinski definition) is 4. The average Bonchev–Trinajstić information content (AvgIpc) is 3.38. The molecule has 2 aliphatic rings. The number of benzene rings is 1. The zero-order valence-electron chi connectivity index (χ0n) is 15.0. The number of fused-ring (bicyclic) bond motifs is 1. The monoisotopic (exact) mass is 460 g/mol. The van der Waals surface area contributed by atoms with Crippen LogP contribution in [0.4, 0.5) is 5.69 Å². The Morgan fingerprint density at radius 3 is 2.68 bits per heavy atom. The first-order chi connectivity index (χ1) is 11.6. The number of guanidine groups is 1. The highest BCUT2D eigenvalue weighted by molar-refractivity contribution is 14.0. The Kier molecular flexibility index (Phi) is 7.61. The highest BCUT2D eigenvalue weighted by Crippen LogP contribution is 2.32. The van der Waals surface area contributed by atoms with Gasteiger partial charge in [-0.3, -0.25) is 9.89 Å². The van der Waals surface area contributed by atoms with E-state index in [0.29, 0.717) is 31.8 Å². The third-order valence-corrected chi connectivity index (χ3v) is 4.34. The average molecular weight is 460 g/mol. The van der Waals surface area contributed by atoms with Crippen LogP contribution < -0.4 is 20.5 Å². The minimum absolute atomic E-state index is 0. The number of nitrogens with one attached hydrogen (secondary N) is 1. The van der Waals surface area contributed by atoms with Crippen molar-refractivity contribution in [3.8, 4) is 11.5 Å². The van der Waals surface area contributed by atoms with Crippen LogP contribution in [0.15, 0.2) is 23.2 Å². The van der Waals surface area contributed by atoms with E-state index in [-0.39, 0.29) is 24.0 Å². The lowest BCUT2D eigenvalue weighted by Gasteiger charge is -2.25. The van der Waals surface area contributed by atoms with Gasteiger partial charge in [0, 0.05) is 36.8 Å². The molecule has 0 saturated heterocycles. The molecule has 3 N–H and O–H groups in total. The first-order valence-electron chi connectivity index (χ1n) is 8.86. The Morgan fingerprint density at radius 1 is 1.28 bits per heavy atom. The summed E-state index contributed by atoms with van der Waals surface area (Å²) >= 11 is 0. The van der Waals surface area contributed by atoms with E-state index >= 15 is 0 Å². The molecular weight excluding hydrogens is 431 g/mol. The number of nitrogens with zero attached hydrogens (tertiary/aromatic N) is 2. The van der Waals surface area contributed by atoms with Gasteiger partial charge in [-0.05, 0) is 38.8 Å². The van der Waals surface area contributed by atoms with E-state index in [1.165, 1.54) is 12.8 Å². The van der Waals surface area contributed by atoms with Gasteiger partial charge in [-0.1, -0.05) is 0 Å². The van der Waals surface area contributed by atoms with E-state index in [4.69, 9.17) is 15.2 Å². The predicted octanol–water partition coefficient (Wildman–Crippen LogP) is 3.07. The van der Waals surface area contributed by atoms with Crippen LogP contribution in [0, 0.1) is 0 Å². The summed E-state index contributed by atoms with van der Waals surface area (Å²) in [6, 6.07) is 7.05. The Bertz CT molecular complexity index is 588. The molecular formula is C18H29IN4O2. The van der Waals surface area contributed by atoms with Gasteiger partial charge in [0.2, 0.25) is 0 Å². The summed E-state index contributed by atoms with van der Waals surface area (Å²) in [6.07, 6.45) is 3.52. The maximum atomic E-state index is 6.02. The van der Waals surface area contributed by atoms with Crippen molar-refractivity contribution in [2.75, 3.05) is 31.6 Å². The molecule has 25 heavy (non-hydrogen) atoms. The second-order valence-electron chi connectivity index (χ2n) is 6.67. The molecule has 1 aliphatic carbocycles. The third-order valence-electron chi connectivity index (χ3n) is 4.34. The van der Waals surface area contributed by atoms with E-state index in [1.807, 2.05) is 18.2 Å². The minimum atomic E-state index is 0. The maximum Gasteiger partial charge on any atom is 0.193 e. The molecule has 140 valence electrons. The van der Waals surface area contributed by atoms with E-state index in [9.17, 15) is 0 Å². The van der Waals surface area contributed by atoms with Gasteiger partial charge < -0.3 is 20.5 Å². The summed E-state index contributed by atoms with van der Waals surface area (Å²) in [5.74, 6) is 1.97. The summed E-state index contributed by atoms with van der Waals surface area (Å²) in [4.78, 5) is 6.96. The van der Waals surface area contributed by atoms with Crippen LogP contribution in [0.3, 0.4) is 0 Å². The molecule has 0 bridgehead atoms. The lowest BCUT2D eigenvalue weighted by molar-refractivity contribution is 0.218. The van der Waals surface area contributed by atoms with Crippen LogP contribution >= 0.6 is 24.0 Å². The van der Waals surface area contributed by atoms with Crippen molar-refractivity contribution in [1.29, 1.82) is 0 Å². The minimum Gasteiger partial charge on any atom is -0.490 e. The van der Waals surface area contributed by atoms with Gasteiger partial charge in [0.15, 0.2) is 17.5 Å². The zero-order valence-corrected chi connectivity index (χ0v) is 17.4. The largest absolute Gasteiger partial charge is 0.490 e. The summed E-state index contributed by atoms with van der Waals surface area (Å²) in [5.41, 5.74) is 6.88. The quantitative estimate of drug-likeness (QED) is 0.388. The highest BCUT2D eigenvalue weighted by atomic mass is 127. The van der Waals surface area contributed by atoms with Crippen LogP contribution in [0.2, 0.25) is 0 Å². The van der Waals surface area contributed by atoms with Crippen molar-refractivity contribution in [3.05, 3.63) is 18.2 Å². The van der Waals surface area contributed by atoms with E-state index in [0.717, 1.165) is 36.2 Å². The fraction of sp³-hybridized carbons (Fsp3) is 0.611. The molecule has 7 heteroatoms. The Morgan fingerprint density at radius 2 is 2.00 bits per heavy atom. The van der Waals surface area contributed by atoms with Crippen molar-refractivity contribution in [3.63, 3.8) is 0 Å². The molecule has 0 aromatic heterocycles. The molecule has 1 heterocycles. The Hall–Kier alpha value is -1.22. The Labute approximate surface area is 167 Å². The van der Waals surface area contributed by atoms with Crippen molar-refractivity contribution in [2.45, 2.75) is 45.2 Å². The molecule has 0 spiro atoms. The normalized spacial score (nSPS) is 17.2. The fourth-order valence-electron chi connectivity index (χ4n) is 2.98. The number of halogens is 1. The van der Waals surface area contributed by atoms with E-state index < -0.39 is 0 Å².